The van der Waals surface area contributed by atoms with Gasteiger partial charge >= 0.3 is 0 Å². The van der Waals surface area contributed by atoms with E-state index < -0.39 is 0 Å². The van der Waals surface area contributed by atoms with Crippen molar-refractivity contribution >= 4 is 35.1 Å². The number of Topliss-reactive ketones (excluding diaryl/α,β-unsaturated/α-hetero) is 1. The van der Waals surface area contributed by atoms with Crippen LogP contribution in [0, 0.1) is 0 Å². The molecule has 1 amide bonds. The largest absolute Gasteiger partial charge is 0.497 e. The fourth-order valence-electron chi connectivity index (χ4n) is 3.16. The molecule has 1 aliphatic rings. The summed E-state index contributed by atoms with van der Waals surface area (Å²) in [5.41, 5.74) is 3.82. The van der Waals surface area contributed by atoms with Gasteiger partial charge in [-0.2, -0.15) is 0 Å². The van der Waals surface area contributed by atoms with Gasteiger partial charge in [-0.1, -0.05) is 32.0 Å². The Bertz CT molecular complexity index is 1010. The number of methoxy groups -OCH3 is 1. The molecule has 0 unspecified atom stereocenters. The van der Waals surface area contributed by atoms with E-state index in [4.69, 9.17) is 21.7 Å². The monoisotopic (exact) mass is 438 g/mol. The number of hydrogen-bond acceptors (Lipinski definition) is 5. The van der Waals surface area contributed by atoms with Crippen LogP contribution in [0.2, 0.25) is 0 Å². The number of amides is 1. The Labute approximate surface area is 187 Å². The lowest BCUT2D eigenvalue weighted by atomic mass is 10.0. The highest BCUT2D eigenvalue weighted by molar-refractivity contribution is 7.80. The molecule has 0 radical (unpaired) electrons. The molecule has 2 aromatic carbocycles. The van der Waals surface area contributed by atoms with Crippen LogP contribution in [-0.4, -0.2) is 37.1 Å². The third kappa shape index (κ3) is 6.15. The summed E-state index contributed by atoms with van der Waals surface area (Å²) in [5.74, 6) is 1.35. The van der Waals surface area contributed by atoms with Crippen molar-refractivity contribution in [3.05, 3.63) is 64.7 Å². The van der Waals surface area contributed by atoms with Crippen LogP contribution in [0.25, 0.3) is 6.08 Å². The molecule has 0 aliphatic heterocycles. The molecule has 0 saturated carbocycles. The zero-order valence-electron chi connectivity index (χ0n) is 17.9. The highest BCUT2D eigenvalue weighted by Gasteiger charge is 2.20. The van der Waals surface area contributed by atoms with Crippen molar-refractivity contribution in [2.45, 2.75) is 26.2 Å². The maximum absolute atomic E-state index is 12.5. The van der Waals surface area contributed by atoms with Crippen molar-refractivity contribution in [1.82, 2.24) is 10.6 Å². The number of thiocarbonyl (C=S) groups is 1. The second-order valence-corrected chi connectivity index (χ2v) is 8.01. The Morgan fingerprint density at radius 3 is 2.48 bits per heavy atom. The lowest BCUT2D eigenvalue weighted by molar-refractivity contribution is -0.120. The van der Waals surface area contributed by atoms with Crippen LogP contribution in [-0.2, 0) is 16.0 Å². The molecule has 0 atom stereocenters. The van der Waals surface area contributed by atoms with Crippen LogP contribution in [0.1, 0.15) is 36.5 Å². The summed E-state index contributed by atoms with van der Waals surface area (Å²) in [6.07, 6.45) is 2.34. The zero-order valence-corrected chi connectivity index (χ0v) is 18.7. The van der Waals surface area contributed by atoms with E-state index in [-0.39, 0.29) is 30.0 Å². The average Bonchev–Trinajstić information content (AvgIpc) is 3.20. The number of hydrogen-bond donors (Lipinski definition) is 2. The third-order valence-electron chi connectivity index (χ3n) is 4.98. The van der Waals surface area contributed by atoms with E-state index in [1.54, 1.807) is 7.11 Å². The first-order valence-electron chi connectivity index (χ1n) is 10.1. The molecule has 0 saturated heterocycles. The van der Waals surface area contributed by atoms with Gasteiger partial charge in [0, 0.05) is 12.0 Å². The molecular weight excluding hydrogens is 412 g/mol. The van der Waals surface area contributed by atoms with Crippen molar-refractivity contribution in [2.24, 2.45) is 0 Å². The predicted molar refractivity (Wildman–Crippen MR) is 124 cm³/mol. The van der Waals surface area contributed by atoms with Crippen molar-refractivity contribution in [2.75, 3.05) is 20.3 Å². The van der Waals surface area contributed by atoms with Gasteiger partial charge in [-0.3, -0.25) is 14.9 Å². The number of benzene rings is 2. The van der Waals surface area contributed by atoms with Crippen LogP contribution in [0.5, 0.6) is 11.5 Å². The minimum atomic E-state index is -0.290. The first-order valence-corrected chi connectivity index (χ1v) is 10.5. The molecule has 7 heteroatoms. The number of carbonyl (C=O) groups is 2. The molecule has 1 aliphatic carbocycles. The van der Waals surface area contributed by atoms with Gasteiger partial charge in [0.1, 0.15) is 18.1 Å². The van der Waals surface area contributed by atoms with E-state index in [0.717, 1.165) is 16.9 Å². The Balaban J connectivity index is 1.41. The molecule has 0 spiro atoms. The van der Waals surface area contributed by atoms with E-state index in [1.807, 2.05) is 48.5 Å². The second kappa shape index (κ2) is 10.2. The van der Waals surface area contributed by atoms with Crippen LogP contribution < -0.4 is 20.1 Å². The summed E-state index contributed by atoms with van der Waals surface area (Å²) in [7, 11) is 1.60. The van der Waals surface area contributed by atoms with Crippen LogP contribution in [0.15, 0.2) is 48.0 Å². The van der Waals surface area contributed by atoms with Gasteiger partial charge in [-0.15, -0.1) is 0 Å². The zero-order chi connectivity index (χ0) is 22.4. The molecule has 2 aromatic rings. The second-order valence-electron chi connectivity index (χ2n) is 7.60. The molecule has 0 fully saturated rings. The number of fused-ring (bicyclic) bond motifs is 1. The number of nitrogens with one attached hydrogen (secondary N) is 2. The summed E-state index contributed by atoms with van der Waals surface area (Å²) < 4.78 is 10.7. The van der Waals surface area contributed by atoms with Crippen LogP contribution >= 0.6 is 12.2 Å². The standard InChI is InChI=1S/C24H26N2O4S/c1-15(2)16-4-7-21(8-5-16)30-14-20(27)13-25-24(31)26-23(28)19-10-17-6-9-22(29-3)12-18(17)11-19/h4-9,11-12,15H,10,13-14H2,1-3H3,(H2,25,26,28,31). The molecule has 3 rings (SSSR count). The number of ketones is 1. The Morgan fingerprint density at radius 2 is 1.81 bits per heavy atom. The number of carbonyl (C=O) groups excluding carboxylic acids is 2. The Kier molecular flexibility index (Phi) is 7.41. The van der Waals surface area contributed by atoms with Gasteiger partial charge in [0.15, 0.2) is 10.9 Å². The summed E-state index contributed by atoms with van der Waals surface area (Å²) in [6, 6.07) is 13.4. The summed E-state index contributed by atoms with van der Waals surface area (Å²) in [4.78, 5) is 24.5. The smallest absolute Gasteiger partial charge is 0.253 e. The van der Waals surface area contributed by atoms with Gasteiger partial charge in [-0.25, -0.2) is 0 Å². The molecule has 162 valence electrons. The van der Waals surface area contributed by atoms with Crippen molar-refractivity contribution in [3.8, 4) is 11.5 Å². The van der Waals surface area contributed by atoms with E-state index in [2.05, 4.69) is 24.5 Å². The third-order valence-corrected chi connectivity index (χ3v) is 5.22. The average molecular weight is 439 g/mol. The van der Waals surface area contributed by atoms with Gasteiger partial charge in [0.05, 0.1) is 13.7 Å². The van der Waals surface area contributed by atoms with Crippen LogP contribution in [0.3, 0.4) is 0 Å². The Morgan fingerprint density at radius 1 is 1.10 bits per heavy atom. The molecule has 0 aromatic heterocycles. The molecule has 6 nitrogen and oxygen atoms in total. The fourth-order valence-corrected chi connectivity index (χ4v) is 3.32. The first-order chi connectivity index (χ1) is 14.9. The van der Waals surface area contributed by atoms with E-state index in [0.29, 0.717) is 23.7 Å². The lowest BCUT2D eigenvalue weighted by Gasteiger charge is -2.11. The molecular formula is C24H26N2O4S. The number of ether oxygens (including phenoxy) is 2. The lowest BCUT2D eigenvalue weighted by Crippen LogP contribution is -2.42. The van der Waals surface area contributed by atoms with E-state index >= 15 is 0 Å². The SMILES string of the molecule is COc1ccc2c(c1)C=C(C(=O)NC(=S)NCC(=O)COc1ccc(C(C)C)cc1)C2. The van der Waals surface area contributed by atoms with E-state index in [1.165, 1.54) is 5.56 Å². The maximum Gasteiger partial charge on any atom is 0.253 e. The number of rotatable bonds is 8. The highest BCUT2D eigenvalue weighted by atomic mass is 32.1. The first kappa shape index (κ1) is 22.5. The minimum absolute atomic E-state index is 0.0281. The summed E-state index contributed by atoms with van der Waals surface area (Å²) in [6.45, 7) is 4.13. The summed E-state index contributed by atoms with van der Waals surface area (Å²) in [5, 5.41) is 5.48. The van der Waals surface area contributed by atoms with Crippen molar-refractivity contribution < 1.29 is 19.1 Å². The van der Waals surface area contributed by atoms with Gasteiger partial charge < -0.3 is 14.8 Å². The van der Waals surface area contributed by atoms with Gasteiger partial charge in [0.25, 0.3) is 5.91 Å². The van der Waals surface area contributed by atoms with Gasteiger partial charge in [-0.05, 0) is 65.2 Å². The predicted octanol–water partition coefficient (Wildman–Crippen LogP) is 3.40. The molecule has 2 N–H and O–H groups in total. The van der Waals surface area contributed by atoms with Crippen molar-refractivity contribution in [3.63, 3.8) is 0 Å². The Hall–Kier alpha value is -3.19. The molecule has 0 heterocycles. The fraction of sp³-hybridized carbons (Fsp3) is 0.292. The molecule has 0 bridgehead atoms. The topological polar surface area (TPSA) is 76.7 Å². The maximum atomic E-state index is 12.5. The van der Waals surface area contributed by atoms with Crippen molar-refractivity contribution in [1.29, 1.82) is 0 Å². The summed E-state index contributed by atoms with van der Waals surface area (Å²) >= 11 is 5.14. The quantitative estimate of drug-likeness (QED) is 0.616. The van der Waals surface area contributed by atoms with E-state index in [9.17, 15) is 9.59 Å². The normalized spacial score (nSPS) is 12.1. The van der Waals surface area contributed by atoms with Crippen LogP contribution in [0.4, 0.5) is 0 Å². The molecule has 31 heavy (non-hydrogen) atoms. The minimum Gasteiger partial charge on any atom is -0.497 e. The highest BCUT2D eigenvalue weighted by Crippen LogP contribution is 2.28. The van der Waals surface area contributed by atoms with Gasteiger partial charge in [0.2, 0.25) is 0 Å².